The van der Waals surface area contributed by atoms with Gasteiger partial charge < -0.3 is 20.1 Å². The third-order valence-corrected chi connectivity index (χ3v) is 2.13. The Hall–Kier alpha value is -0.910. The monoisotopic (exact) mass is 213 g/mol. The van der Waals surface area contributed by atoms with Crippen molar-refractivity contribution in [2.75, 3.05) is 7.11 Å². The number of nitrogens with zero attached hydrogens (tertiary/aromatic N) is 1. The number of rotatable bonds is 6. The largest absolute Gasteiger partial charge is 0.367 e. The molecule has 0 aliphatic heterocycles. The summed E-state index contributed by atoms with van der Waals surface area (Å²) in [5.74, 6) is 0. The first-order valence-electron chi connectivity index (χ1n) is 5.07. The summed E-state index contributed by atoms with van der Waals surface area (Å²) in [6.45, 7) is 4.06. The molecule has 15 heavy (non-hydrogen) atoms. The second kappa shape index (κ2) is 5.85. The summed E-state index contributed by atoms with van der Waals surface area (Å²) in [6.07, 6.45) is 3.22. The predicted molar refractivity (Wildman–Crippen MR) is 57.4 cm³/mol. The van der Waals surface area contributed by atoms with E-state index in [9.17, 15) is 5.11 Å². The summed E-state index contributed by atoms with van der Waals surface area (Å²) in [5, 5.41) is 12.9. The Kier molecular flexibility index (Phi) is 4.74. The number of aromatic amines is 1. The first-order valence-corrected chi connectivity index (χ1v) is 5.07. The van der Waals surface area contributed by atoms with Crippen LogP contribution in [-0.2, 0) is 11.2 Å². The highest BCUT2D eigenvalue weighted by Gasteiger charge is 2.20. The molecule has 86 valence electrons. The van der Waals surface area contributed by atoms with Gasteiger partial charge in [0.25, 0.3) is 0 Å². The number of hydrogen-bond donors (Lipinski definition) is 3. The van der Waals surface area contributed by atoms with Gasteiger partial charge in [-0.2, -0.15) is 0 Å². The van der Waals surface area contributed by atoms with E-state index in [0.29, 0.717) is 12.5 Å². The average Bonchev–Trinajstić information content (AvgIpc) is 2.67. The molecule has 0 aliphatic rings. The molecule has 1 aromatic heterocycles. The molecule has 5 heteroatoms. The highest BCUT2D eigenvalue weighted by Crippen LogP contribution is 2.04. The third-order valence-electron chi connectivity index (χ3n) is 2.13. The second-order valence-corrected chi connectivity index (χ2v) is 3.84. The first kappa shape index (κ1) is 12.2. The summed E-state index contributed by atoms with van der Waals surface area (Å²) in [5.41, 5.74) is 0.976. The Morgan fingerprint density at radius 2 is 2.33 bits per heavy atom. The summed E-state index contributed by atoms with van der Waals surface area (Å²) in [7, 11) is 1.49. The molecule has 5 nitrogen and oxygen atoms in total. The van der Waals surface area contributed by atoms with Crippen molar-refractivity contribution >= 4 is 0 Å². The lowest BCUT2D eigenvalue weighted by Gasteiger charge is -2.24. The molecule has 0 bridgehead atoms. The van der Waals surface area contributed by atoms with Gasteiger partial charge in [0.05, 0.1) is 12.4 Å². The van der Waals surface area contributed by atoms with Gasteiger partial charge >= 0.3 is 0 Å². The molecule has 0 aromatic carbocycles. The van der Waals surface area contributed by atoms with E-state index in [1.807, 2.05) is 13.8 Å². The van der Waals surface area contributed by atoms with Crippen molar-refractivity contribution in [3.05, 3.63) is 18.2 Å². The minimum absolute atomic E-state index is 0.129. The SMILES string of the molecule is COC(O)C(Cc1cnc[nH]1)NC(C)C. The highest BCUT2D eigenvalue weighted by molar-refractivity contribution is 4.98. The van der Waals surface area contributed by atoms with Crippen LogP contribution in [0.2, 0.25) is 0 Å². The van der Waals surface area contributed by atoms with Gasteiger partial charge in [0.1, 0.15) is 0 Å². The summed E-state index contributed by atoms with van der Waals surface area (Å²) in [6, 6.07) is 0.165. The van der Waals surface area contributed by atoms with Crippen LogP contribution in [0, 0.1) is 0 Å². The standard InChI is InChI=1S/C10H19N3O2/c1-7(2)13-9(10(14)15-3)4-8-5-11-6-12-8/h5-7,9-10,13-14H,4H2,1-3H3,(H,11,12). The van der Waals surface area contributed by atoms with Crippen LogP contribution in [0.3, 0.4) is 0 Å². The van der Waals surface area contributed by atoms with Crippen molar-refractivity contribution in [2.45, 2.75) is 38.6 Å². The van der Waals surface area contributed by atoms with Crippen molar-refractivity contribution in [2.24, 2.45) is 0 Å². The Labute approximate surface area is 89.9 Å². The Morgan fingerprint density at radius 1 is 1.60 bits per heavy atom. The van der Waals surface area contributed by atoms with Crippen molar-refractivity contribution < 1.29 is 9.84 Å². The fourth-order valence-electron chi connectivity index (χ4n) is 1.47. The maximum absolute atomic E-state index is 9.65. The van der Waals surface area contributed by atoms with E-state index < -0.39 is 6.29 Å². The van der Waals surface area contributed by atoms with Crippen LogP contribution in [0.5, 0.6) is 0 Å². The molecular formula is C10H19N3O2. The molecule has 0 fully saturated rings. The van der Waals surface area contributed by atoms with E-state index in [0.717, 1.165) is 5.69 Å². The van der Waals surface area contributed by atoms with Crippen LogP contribution in [0.25, 0.3) is 0 Å². The average molecular weight is 213 g/mol. The fraction of sp³-hybridized carbons (Fsp3) is 0.700. The van der Waals surface area contributed by atoms with Crippen LogP contribution in [0.1, 0.15) is 19.5 Å². The van der Waals surface area contributed by atoms with Gasteiger partial charge in [-0.15, -0.1) is 0 Å². The van der Waals surface area contributed by atoms with Gasteiger partial charge in [0, 0.05) is 31.5 Å². The van der Waals surface area contributed by atoms with E-state index in [1.165, 1.54) is 7.11 Å². The van der Waals surface area contributed by atoms with Crippen molar-refractivity contribution in [1.82, 2.24) is 15.3 Å². The summed E-state index contributed by atoms with van der Waals surface area (Å²) < 4.78 is 4.92. The van der Waals surface area contributed by atoms with Crippen LogP contribution in [0.4, 0.5) is 0 Å². The molecule has 2 unspecified atom stereocenters. The number of ether oxygens (including phenoxy) is 1. The van der Waals surface area contributed by atoms with Gasteiger partial charge in [-0.3, -0.25) is 0 Å². The molecule has 2 atom stereocenters. The number of hydrogen-bond acceptors (Lipinski definition) is 4. The maximum Gasteiger partial charge on any atom is 0.169 e. The Bertz CT molecular complexity index is 262. The Balaban J connectivity index is 2.56. The van der Waals surface area contributed by atoms with Gasteiger partial charge in [-0.05, 0) is 0 Å². The number of H-pyrrole nitrogens is 1. The van der Waals surface area contributed by atoms with Gasteiger partial charge in [-0.25, -0.2) is 4.98 Å². The summed E-state index contributed by atoms with van der Waals surface area (Å²) in [4.78, 5) is 6.94. The predicted octanol–water partition coefficient (Wildman–Crippen LogP) is 0.284. The zero-order valence-corrected chi connectivity index (χ0v) is 9.40. The molecule has 0 spiro atoms. The van der Waals surface area contributed by atoms with E-state index in [2.05, 4.69) is 15.3 Å². The lowest BCUT2D eigenvalue weighted by molar-refractivity contribution is -0.0982. The van der Waals surface area contributed by atoms with Crippen molar-refractivity contribution in [3.63, 3.8) is 0 Å². The highest BCUT2D eigenvalue weighted by atomic mass is 16.6. The molecule has 1 aromatic rings. The van der Waals surface area contributed by atoms with E-state index in [1.54, 1.807) is 12.5 Å². The quantitative estimate of drug-likeness (QED) is 0.594. The van der Waals surface area contributed by atoms with Crippen molar-refractivity contribution in [3.8, 4) is 0 Å². The minimum Gasteiger partial charge on any atom is -0.367 e. The molecule has 0 amide bonds. The Morgan fingerprint density at radius 3 is 2.80 bits per heavy atom. The number of aromatic nitrogens is 2. The molecule has 0 saturated heterocycles. The molecule has 0 aliphatic carbocycles. The first-order chi connectivity index (χ1) is 7.13. The molecule has 0 saturated carbocycles. The number of aliphatic hydroxyl groups excluding tert-OH is 1. The fourth-order valence-corrected chi connectivity index (χ4v) is 1.47. The van der Waals surface area contributed by atoms with Crippen LogP contribution in [-0.4, -0.2) is 40.6 Å². The van der Waals surface area contributed by atoms with Crippen LogP contribution >= 0.6 is 0 Å². The normalized spacial score (nSPS) is 15.5. The number of methoxy groups -OCH3 is 1. The molecule has 1 rings (SSSR count). The van der Waals surface area contributed by atoms with Crippen LogP contribution < -0.4 is 5.32 Å². The van der Waals surface area contributed by atoms with Gasteiger partial charge in [0.2, 0.25) is 0 Å². The molecule has 1 heterocycles. The van der Waals surface area contributed by atoms with E-state index in [-0.39, 0.29) is 6.04 Å². The number of aliphatic hydroxyl groups is 1. The molecule has 0 radical (unpaired) electrons. The lowest BCUT2D eigenvalue weighted by atomic mass is 10.1. The van der Waals surface area contributed by atoms with E-state index >= 15 is 0 Å². The van der Waals surface area contributed by atoms with E-state index in [4.69, 9.17) is 4.74 Å². The van der Waals surface area contributed by atoms with Gasteiger partial charge in [-0.1, -0.05) is 13.8 Å². The number of imidazole rings is 1. The number of nitrogens with one attached hydrogen (secondary N) is 2. The smallest absolute Gasteiger partial charge is 0.169 e. The van der Waals surface area contributed by atoms with Crippen molar-refractivity contribution in [1.29, 1.82) is 0 Å². The zero-order valence-electron chi connectivity index (χ0n) is 9.40. The topological polar surface area (TPSA) is 70.2 Å². The summed E-state index contributed by atoms with van der Waals surface area (Å²) >= 11 is 0. The minimum atomic E-state index is -0.810. The molecule has 3 N–H and O–H groups in total. The molecular weight excluding hydrogens is 194 g/mol. The second-order valence-electron chi connectivity index (χ2n) is 3.84. The van der Waals surface area contributed by atoms with Crippen LogP contribution in [0.15, 0.2) is 12.5 Å². The zero-order chi connectivity index (χ0) is 11.3. The lowest BCUT2D eigenvalue weighted by Crippen LogP contribution is -2.45. The maximum atomic E-state index is 9.65. The van der Waals surface area contributed by atoms with Gasteiger partial charge in [0.15, 0.2) is 6.29 Å². The third kappa shape index (κ3) is 3.99.